The van der Waals surface area contributed by atoms with Crippen molar-refractivity contribution < 1.29 is 9.90 Å². The van der Waals surface area contributed by atoms with E-state index in [1.165, 1.54) is 24.0 Å². The number of aliphatic carboxylic acids is 1. The van der Waals surface area contributed by atoms with Gasteiger partial charge in [0.25, 0.3) is 0 Å². The fourth-order valence-corrected chi connectivity index (χ4v) is 3.38. The van der Waals surface area contributed by atoms with Gasteiger partial charge < -0.3 is 10.0 Å². The van der Waals surface area contributed by atoms with Crippen molar-refractivity contribution >= 4 is 5.97 Å². The molecule has 0 radical (unpaired) electrons. The first-order chi connectivity index (χ1) is 10.6. The molecule has 22 heavy (non-hydrogen) atoms. The van der Waals surface area contributed by atoms with Crippen molar-refractivity contribution in [1.82, 2.24) is 9.80 Å². The third-order valence-electron chi connectivity index (χ3n) is 5.00. The molecule has 120 valence electrons. The minimum Gasteiger partial charge on any atom is -0.481 e. The molecule has 1 aliphatic carbocycles. The minimum absolute atomic E-state index is 0.204. The van der Waals surface area contributed by atoms with Crippen LogP contribution in [0.2, 0.25) is 0 Å². The van der Waals surface area contributed by atoms with E-state index in [2.05, 4.69) is 41.1 Å². The molecule has 3 rings (SSSR count). The topological polar surface area (TPSA) is 43.8 Å². The van der Waals surface area contributed by atoms with Crippen LogP contribution in [-0.4, -0.2) is 54.1 Å². The number of hydrogen-bond acceptors (Lipinski definition) is 3. The molecule has 1 aromatic carbocycles. The van der Waals surface area contributed by atoms with Crippen LogP contribution < -0.4 is 0 Å². The molecule has 1 N–H and O–H groups in total. The van der Waals surface area contributed by atoms with Gasteiger partial charge >= 0.3 is 5.97 Å². The molecule has 1 unspecified atom stereocenters. The zero-order chi connectivity index (χ0) is 15.5. The van der Waals surface area contributed by atoms with Gasteiger partial charge in [0.2, 0.25) is 0 Å². The lowest BCUT2D eigenvalue weighted by atomic mass is 9.90. The number of carboxylic acids is 1. The maximum absolute atomic E-state index is 11.1. The van der Waals surface area contributed by atoms with Crippen molar-refractivity contribution in [2.45, 2.75) is 31.7 Å². The van der Waals surface area contributed by atoms with Crippen molar-refractivity contribution in [3.8, 4) is 0 Å². The van der Waals surface area contributed by atoms with E-state index in [0.29, 0.717) is 5.92 Å². The standard InChI is InChI=1S/C18H26N2O2/c1-19-8-10-20(11-9-19)13-14-2-4-15(5-3-14)17(12-18(21)22)16-6-7-16/h2-5,16-17H,6-13H2,1H3,(H,21,22). The van der Waals surface area contributed by atoms with Crippen LogP contribution in [-0.2, 0) is 11.3 Å². The fourth-order valence-electron chi connectivity index (χ4n) is 3.38. The maximum Gasteiger partial charge on any atom is 0.303 e. The highest BCUT2D eigenvalue weighted by molar-refractivity contribution is 5.68. The third kappa shape index (κ3) is 4.08. The molecule has 1 saturated heterocycles. The number of benzene rings is 1. The van der Waals surface area contributed by atoms with Gasteiger partial charge in [0.05, 0.1) is 6.42 Å². The van der Waals surface area contributed by atoms with Crippen molar-refractivity contribution in [3.05, 3.63) is 35.4 Å². The number of carboxylic acid groups (broad SMARTS) is 1. The Morgan fingerprint density at radius 1 is 1.18 bits per heavy atom. The molecule has 4 heteroatoms. The molecular weight excluding hydrogens is 276 g/mol. The summed E-state index contributed by atoms with van der Waals surface area (Å²) in [5.41, 5.74) is 2.53. The highest BCUT2D eigenvalue weighted by Crippen LogP contribution is 2.44. The summed E-state index contributed by atoms with van der Waals surface area (Å²) < 4.78 is 0. The van der Waals surface area contributed by atoms with E-state index in [1.54, 1.807) is 0 Å². The van der Waals surface area contributed by atoms with Gasteiger partial charge in [0.15, 0.2) is 0 Å². The second-order valence-corrected chi connectivity index (χ2v) is 6.86. The predicted octanol–water partition coefficient (Wildman–Crippen LogP) is 2.40. The van der Waals surface area contributed by atoms with Gasteiger partial charge in [-0.1, -0.05) is 24.3 Å². The number of likely N-dealkylation sites (N-methyl/N-ethyl adjacent to an activating group) is 1. The van der Waals surface area contributed by atoms with Gasteiger partial charge in [-0.15, -0.1) is 0 Å². The van der Waals surface area contributed by atoms with Gasteiger partial charge in [-0.05, 0) is 42.9 Å². The van der Waals surface area contributed by atoms with Crippen LogP contribution in [0, 0.1) is 5.92 Å². The largest absolute Gasteiger partial charge is 0.481 e. The molecule has 1 aromatic rings. The van der Waals surface area contributed by atoms with Gasteiger partial charge in [-0.2, -0.15) is 0 Å². The monoisotopic (exact) mass is 302 g/mol. The van der Waals surface area contributed by atoms with Gasteiger partial charge in [0, 0.05) is 32.7 Å². The number of rotatable bonds is 6. The third-order valence-corrected chi connectivity index (χ3v) is 5.00. The first kappa shape index (κ1) is 15.5. The number of piperazine rings is 1. The summed E-state index contributed by atoms with van der Waals surface area (Å²) >= 11 is 0. The Bertz CT molecular complexity index is 502. The van der Waals surface area contributed by atoms with Crippen LogP contribution >= 0.6 is 0 Å². The predicted molar refractivity (Wildman–Crippen MR) is 86.9 cm³/mol. The average molecular weight is 302 g/mol. The Hall–Kier alpha value is -1.39. The van der Waals surface area contributed by atoms with Gasteiger partial charge in [-0.25, -0.2) is 0 Å². The van der Waals surface area contributed by atoms with Crippen LogP contribution in [0.25, 0.3) is 0 Å². The van der Waals surface area contributed by atoms with E-state index in [0.717, 1.165) is 32.7 Å². The normalized spacial score (nSPS) is 21.7. The van der Waals surface area contributed by atoms with Crippen molar-refractivity contribution in [3.63, 3.8) is 0 Å². The van der Waals surface area contributed by atoms with Gasteiger partial charge in [-0.3, -0.25) is 9.69 Å². The summed E-state index contributed by atoms with van der Waals surface area (Å²) in [4.78, 5) is 15.9. The van der Waals surface area contributed by atoms with E-state index in [-0.39, 0.29) is 12.3 Å². The summed E-state index contributed by atoms with van der Waals surface area (Å²) in [6.07, 6.45) is 2.63. The summed E-state index contributed by atoms with van der Waals surface area (Å²) in [7, 11) is 2.17. The van der Waals surface area contributed by atoms with E-state index in [9.17, 15) is 4.79 Å². The molecular formula is C18H26N2O2. The summed E-state index contributed by atoms with van der Waals surface area (Å²) in [6.45, 7) is 5.53. The average Bonchev–Trinajstić information content (AvgIpc) is 3.33. The molecule has 2 aliphatic rings. The van der Waals surface area contributed by atoms with Crippen LogP contribution in [0.15, 0.2) is 24.3 Å². The number of hydrogen-bond donors (Lipinski definition) is 1. The summed E-state index contributed by atoms with van der Waals surface area (Å²) in [5, 5.41) is 9.10. The highest BCUT2D eigenvalue weighted by Gasteiger charge is 2.33. The summed E-state index contributed by atoms with van der Waals surface area (Å²) in [5.74, 6) is 0.105. The molecule has 1 aliphatic heterocycles. The molecule has 1 heterocycles. The smallest absolute Gasteiger partial charge is 0.303 e. The minimum atomic E-state index is -0.682. The van der Waals surface area contributed by atoms with Crippen molar-refractivity contribution in [2.24, 2.45) is 5.92 Å². The van der Waals surface area contributed by atoms with E-state index in [4.69, 9.17) is 5.11 Å². The molecule has 0 amide bonds. The quantitative estimate of drug-likeness (QED) is 0.876. The Labute approximate surface area is 132 Å². The Morgan fingerprint density at radius 2 is 1.82 bits per heavy atom. The SMILES string of the molecule is CN1CCN(Cc2ccc(C(CC(=O)O)C3CC3)cc2)CC1. The van der Waals surface area contributed by atoms with Crippen LogP contribution in [0.3, 0.4) is 0 Å². The second kappa shape index (κ2) is 6.80. The Morgan fingerprint density at radius 3 is 2.36 bits per heavy atom. The first-order valence-corrected chi connectivity index (χ1v) is 8.33. The highest BCUT2D eigenvalue weighted by atomic mass is 16.4. The molecule has 0 bridgehead atoms. The van der Waals surface area contributed by atoms with E-state index < -0.39 is 5.97 Å². The number of nitrogens with zero attached hydrogens (tertiary/aromatic N) is 2. The Balaban J connectivity index is 1.60. The lowest BCUT2D eigenvalue weighted by Crippen LogP contribution is -2.43. The van der Waals surface area contributed by atoms with Crippen LogP contribution in [0.4, 0.5) is 0 Å². The molecule has 0 spiro atoms. The van der Waals surface area contributed by atoms with Crippen molar-refractivity contribution in [2.75, 3.05) is 33.2 Å². The lowest BCUT2D eigenvalue weighted by molar-refractivity contribution is -0.137. The molecule has 2 fully saturated rings. The zero-order valence-electron chi connectivity index (χ0n) is 13.4. The lowest BCUT2D eigenvalue weighted by Gasteiger charge is -2.32. The first-order valence-electron chi connectivity index (χ1n) is 8.33. The fraction of sp³-hybridized carbons (Fsp3) is 0.611. The van der Waals surface area contributed by atoms with Crippen LogP contribution in [0.5, 0.6) is 0 Å². The molecule has 1 saturated carbocycles. The van der Waals surface area contributed by atoms with Crippen LogP contribution in [0.1, 0.15) is 36.3 Å². The second-order valence-electron chi connectivity index (χ2n) is 6.86. The molecule has 0 aromatic heterocycles. The van der Waals surface area contributed by atoms with E-state index in [1.807, 2.05) is 0 Å². The van der Waals surface area contributed by atoms with Gasteiger partial charge in [0.1, 0.15) is 0 Å². The van der Waals surface area contributed by atoms with E-state index >= 15 is 0 Å². The molecule has 4 nitrogen and oxygen atoms in total. The Kier molecular flexibility index (Phi) is 4.79. The zero-order valence-corrected chi connectivity index (χ0v) is 13.4. The van der Waals surface area contributed by atoms with Crippen molar-refractivity contribution in [1.29, 1.82) is 0 Å². The number of carbonyl (C=O) groups is 1. The summed E-state index contributed by atoms with van der Waals surface area (Å²) in [6, 6.07) is 8.67. The maximum atomic E-state index is 11.1. The molecule has 1 atom stereocenters.